The number of rotatable bonds is 6. The van der Waals surface area contributed by atoms with Crippen molar-refractivity contribution in [2.45, 2.75) is 6.54 Å². The van der Waals surface area contributed by atoms with Crippen LogP contribution in [-0.2, 0) is 17.3 Å². The number of benzene rings is 1. The summed E-state index contributed by atoms with van der Waals surface area (Å²) in [6.45, 7) is 0.435. The van der Waals surface area contributed by atoms with Gasteiger partial charge in [0, 0.05) is 28.9 Å². The third-order valence-corrected chi connectivity index (χ3v) is 3.69. The van der Waals surface area contributed by atoms with Crippen LogP contribution in [0.5, 0.6) is 11.5 Å². The van der Waals surface area contributed by atoms with E-state index in [1.54, 1.807) is 30.2 Å². The van der Waals surface area contributed by atoms with Crippen LogP contribution >= 0.6 is 0 Å². The van der Waals surface area contributed by atoms with Gasteiger partial charge in [-0.3, -0.25) is 4.21 Å². The summed E-state index contributed by atoms with van der Waals surface area (Å²) in [6.07, 6.45) is 1.63. The number of anilines is 1. The van der Waals surface area contributed by atoms with Gasteiger partial charge in [0.2, 0.25) is 0 Å². The van der Waals surface area contributed by atoms with E-state index in [1.807, 2.05) is 0 Å². The van der Waals surface area contributed by atoms with Crippen molar-refractivity contribution in [3.05, 3.63) is 12.1 Å². The quantitative estimate of drug-likeness (QED) is 0.766. The van der Waals surface area contributed by atoms with Crippen LogP contribution in [0.15, 0.2) is 12.1 Å². The van der Waals surface area contributed by atoms with Crippen LogP contribution in [-0.4, -0.2) is 50.6 Å². The third kappa shape index (κ3) is 3.30. The smallest absolute Gasteiger partial charge is 0.184 e. The Labute approximate surface area is 124 Å². The topological polar surface area (TPSA) is 105 Å². The van der Waals surface area contributed by atoms with Crippen molar-refractivity contribution in [3.8, 4) is 22.9 Å². The molecule has 0 radical (unpaired) electrons. The lowest BCUT2D eigenvalue weighted by atomic mass is 10.1. The van der Waals surface area contributed by atoms with Crippen LogP contribution in [0, 0.1) is 0 Å². The molecule has 2 N–H and O–H groups in total. The van der Waals surface area contributed by atoms with Crippen molar-refractivity contribution in [3.63, 3.8) is 0 Å². The number of aryl methyl sites for hydroxylation is 1. The lowest BCUT2D eigenvalue weighted by Gasteiger charge is -2.12. The van der Waals surface area contributed by atoms with Gasteiger partial charge in [-0.15, -0.1) is 5.10 Å². The van der Waals surface area contributed by atoms with E-state index in [0.717, 1.165) is 0 Å². The van der Waals surface area contributed by atoms with E-state index in [2.05, 4.69) is 15.5 Å². The molecule has 1 heterocycles. The van der Waals surface area contributed by atoms with E-state index >= 15 is 0 Å². The molecule has 1 atom stereocenters. The van der Waals surface area contributed by atoms with Crippen molar-refractivity contribution < 1.29 is 13.7 Å². The molecule has 0 aliphatic heterocycles. The van der Waals surface area contributed by atoms with Crippen LogP contribution in [0.25, 0.3) is 11.4 Å². The summed E-state index contributed by atoms with van der Waals surface area (Å²) < 4.78 is 23.2. The zero-order valence-electron chi connectivity index (χ0n) is 12.1. The first kappa shape index (κ1) is 15.2. The van der Waals surface area contributed by atoms with Crippen molar-refractivity contribution >= 4 is 16.5 Å². The van der Waals surface area contributed by atoms with Crippen molar-refractivity contribution in [2.75, 3.05) is 32.0 Å². The normalized spacial score (nSPS) is 12.1. The predicted octanol–water partition coefficient (Wildman–Crippen LogP) is 0.318. The maximum Gasteiger partial charge on any atom is 0.184 e. The summed E-state index contributed by atoms with van der Waals surface area (Å²) in [4.78, 5) is 0. The largest absolute Gasteiger partial charge is 0.497 e. The Morgan fingerprint density at radius 3 is 2.71 bits per heavy atom. The summed E-state index contributed by atoms with van der Waals surface area (Å²) in [5, 5.41) is 11.5. The van der Waals surface area contributed by atoms with Crippen molar-refractivity contribution in [2.24, 2.45) is 0 Å². The average Bonchev–Trinajstić information content (AvgIpc) is 2.93. The minimum Gasteiger partial charge on any atom is -0.497 e. The van der Waals surface area contributed by atoms with E-state index in [4.69, 9.17) is 15.2 Å². The SMILES string of the molecule is COc1cc(OC)c(N)c(-c2nnnn2CCS(C)=O)c1. The van der Waals surface area contributed by atoms with Gasteiger partial charge in [-0.25, -0.2) is 4.68 Å². The number of nitrogens with zero attached hydrogens (tertiary/aromatic N) is 4. The van der Waals surface area contributed by atoms with Crippen LogP contribution in [0.1, 0.15) is 0 Å². The number of tetrazole rings is 1. The average molecular weight is 311 g/mol. The van der Waals surface area contributed by atoms with Crippen LogP contribution in [0.3, 0.4) is 0 Å². The molecule has 8 nitrogen and oxygen atoms in total. The van der Waals surface area contributed by atoms with E-state index in [-0.39, 0.29) is 0 Å². The Morgan fingerprint density at radius 2 is 2.10 bits per heavy atom. The summed E-state index contributed by atoms with van der Waals surface area (Å²) in [7, 11) is 2.15. The molecule has 2 aromatic rings. The Morgan fingerprint density at radius 1 is 1.33 bits per heavy atom. The Balaban J connectivity index is 2.46. The molecule has 21 heavy (non-hydrogen) atoms. The van der Waals surface area contributed by atoms with E-state index in [1.165, 1.54) is 7.11 Å². The molecular weight excluding hydrogens is 294 g/mol. The molecule has 0 amide bonds. The molecule has 0 saturated heterocycles. The van der Waals surface area contributed by atoms with Gasteiger partial charge >= 0.3 is 0 Å². The fourth-order valence-electron chi connectivity index (χ4n) is 1.84. The van der Waals surface area contributed by atoms with Crippen molar-refractivity contribution in [1.29, 1.82) is 0 Å². The number of nitrogens with two attached hydrogens (primary N) is 1. The third-order valence-electron chi connectivity index (χ3n) is 2.93. The second kappa shape index (κ2) is 6.53. The lowest BCUT2D eigenvalue weighted by molar-refractivity contribution is 0.396. The van der Waals surface area contributed by atoms with E-state index in [0.29, 0.717) is 40.9 Å². The highest BCUT2D eigenvalue weighted by atomic mass is 32.2. The van der Waals surface area contributed by atoms with Gasteiger partial charge in [-0.1, -0.05) is 0 Å². The zero-order chi connectivity index (χ0) is 15.4. The van der Waals surface area contributed by atoms with Crippen LogP contribution in [0.2, 0.25) is 0 Å². The van der Waals surface area contributed by atoms with Crippen LogP contribution in [0.4, 0.5) is 5.69 Å². The molecule has 9 heteroatoms. The summed E-state index contributed by atoms with van der Waals surface area (Å²) in [6, 6.07) is 3.43. The maximum atomic E-state index is 11.2. The Bertz CT molecular complexity index is 658. The number of methoxy groups -OCH3 is 2. The van der Waals surface area contributed by atoms with Gasteiger partial charge in [-0.2, -0.15) is 0 Å². The van der Waals surface area contributed by atoms with Gasteiger partial charge in [0.25, 0.3) is 0 Å². The molecule has 0 aliphatic rings. The monoisotopic (exact) mass is 311 g/mol. The van der Waals surface area contributed by atoms with Crippen LogP contribution < -0.4 is 15.2 Å². The maximum absolute atomic E-state index is 11.2. The lowest BCUT2D eigenvalue weighted by Crippen LogP contribution is -2.10. The summed E-state index contributed by atoms with van der Waals surface area (Å²) >= 11 is 0. The second-order valence-corrected chi connectivity index (χ2v) is 5.85. The number of aromatic nitrogens is 4. The molecule has 0 spiro atoms. The first-order chi connectivity index (χ1) is 10.1. The molecule has 0 aliphatic carbocycles. The predicted molar refractivity (Wildman–Crippen MR) is 79.7 cm³/mol. The molecule has 0 fully saturated rings. The molecule has 0 bridgehead atoms. The summed E-state index contributed by atoms with van der Waals surface area (Å²) in [5.41, 5.74) is 7.12. The first-order valence-electron chi connectivity index (χ1n) is 6.15. The number of nitrogen functional groups attached to an aromatic ring is 1. The number of hydrogen-bond donors (Lipinski definition) is 1. The molecule has 1 aromatic carbocycles. The van der Waals surface area contributed by atoms with Gasteiger partial charge < -0.3 is 15.2 Å². The highest BCUT2D eigenvalue weighted by molar-refractivity contribution is 7.84. The standard InChI is InChI=1S/C12H17N5O3S/c1-19-8-6-9(11(13)10(7-8)20-2)12-14-15-16-17(12)4-5-21(3)18/h6-7H,4-5,13H2,1-3H3. The Hall–Kier alpha value is -2.16. The molecule has 1 unspecified atom stereocenters. The van der Waals surface area contributed by atoms with Gasteiger partial charge in [-0.05, 0) is 16.5 Å². The fraction of sp³-hybridized carbons (Fsp3) is 0.417. The second-order valence-electron chi connectivity index (χ2n) is 4.29. The molecule has 1 aromatic heterocycles. The fourth-order valence-corrected chi connectivity index (χ4v) is 2.27. The molecule has 114 valence electrons. The highest BCUT2D eigenvalue weighted by Gasteiger charge is 2.17. The first-order valence-corrected chi connectivity index (χ1v) is 7.87. The molecule has 0 saturated carbocycles. The molecular formula is C12H17N5O3S. The highest BCUT2D eigenvalue weighted by Crippen LogP contribution is 2.36. The number of ether oxygens (including phenoxy) is 2. The minimum absolute atomic E-state index is 0.423. The van der Waals surface area contributed by atoms with Gasteiger partial charge in [0.15, 0.2) is 5.82 Å². The summed E-state index contributed by atoms with van der Waals surface area (Å²) in [5.74, 6) is 2.01. The Kier molecular flexibility index (Phi) is 4.73. The van der Waals surface area contributed by atoms with Gasteiger partial charge in [0.1, 0.15) is 11.5 Å². The minimum atomic E-state index is -0.929. The van der Waals surface area contributed by atoms with Gasteiger partial charge in [0.05, 0.1) is 32.0 Å². The zero-order valence-corrected chi connectivity index (χ0v) is 12.9. The van der Waals surface area contributed by atoms with E-state index in [9.17, 15) is 4.21 Å². The van der Waals surface area contributed by atoms with E-state index < -0.39 is 10.8 Å². The number of hydrogen-bond acceptors (Lipinski definition) is 7. The van der Waals surface area contributed by atoms with Crippen molar-refractivity contribution in [1.82, 2.24) is 20.2 Å². The molecule has 2 rings (SSSR count).